The van der Waals surface area contributed by atoms with Crippen molar-refractivity contribution in [3.8, 4) is 17.1 Å². The van der Waals surface area contributed by atoms with E-state index in [9.17, 15) is 9.59 Å². The lowest BCUT2D eigenvalue weighted by Crippen LogP contribution is -2.13. The van der Waals surface area contributed by atoms with Gasteiger partial charge in [-0.3, -0.25) is 9.59 Å². The summed E-state index contributed by atoms with van der Waals surface area (Å²) in [7, 11) is 0. The lowest BCUT2D eigenvalue weighted by Gasteiger charge is -2.10. The van der Waals surface area contributed by atoms with Gasteiger partial charge in [0.05, 0.1) is 5.39 Å². The Labute approximate surface area is 133 Å². The number of benzene rings is 2. The van der Waals surface area contributed by atoms with Gasteiger partial charge in [0.15, 0.2) is 5.76 Å². The van der Waals surface area contributed by atoms with Gasteiger partial charge in [-0.1, -0.05) is 41.5 Å². The van der Waals surface area contributed by atoms with E-state index >= 15 is 0 Å². The normalized spacial score (nSPS) is 10.7. The molecule has 0 aliphatic carbocycles. The Hall–Kier alpha value is -2.88. The molecule has 4 nitrogen and oxygen atoms in total. The van der Waals surface area contributed by atoms with Gasteiger partial charge in [0.1, 0.15) is 5.58 Å². The number of fused-ring (bicyclic) bond motifs is 1. The molecule has 4 heteroatoms. The SMILES string of the molecule is CC(=O)Oc1c(-c2ccc(C)cc2)oc2ccc(C)cc2c1=O. The van der Waals surface area contributed by atoms with Crippen molar-refractivity contribution in [3.63, 3.8) is 0 Å². The molecule has 0 spiro atoms. The predicted molar refractivity (Wildman–Crippen MR) is 88.7 cm³/mol. The first-order valence-corrected chi connectivity index (χ1v) is 7.28. The summed E-state index contributed by atoms with van der Waals surface area (Å²) in [5.41, 5.74) is 2.82. The number of esters is 1. The molecule has 0 radical (unpaired) electrons. The fraction of sp³-hybridized carbons (Fsp3) is 0.158. The number of carbonyl (C=O) groups excluding carboxylic acids is 1. The third-order valence-corrected chi connectivity index (χ3v) is 3.56. The number of rotatable bonds is 2. The second-order valence-corrected chi connectivity index (χ2v) is 5.55. The van der Waals surface area contributed by atoms with E-state index in [-0.39, 0.29) is 16.9 Å². The van der Waals surface area contributed by atoms with E-state index in [1.165, 1.54) is 6.92 Å². The zero-order chi connectivity index (χ0) is 16.6. The van der Waals surface area contributed by atoms with E-state index in [0.29, 0.717) is 16.5 Å². The molecule has 0 unspecified atom stereocenters. The van der Waals surface area contributed by atoms with Crippen molar-refractivity contribution in [2.24, 2.45) is 0 Å². The Morgan fingerprint density at radius 1 is 1.00 bits per heavy atom. The maximum Gasteiger partial charge on any atom is 0.308 e. The van der Waals surface area contributed by atoms with Gasteiger partial charge in [0.2, 0.25) is 11.2 Å². The van der Waals surface area contributed by atoms with Crippen molar-refractivity contribution in [1.29, 1.82) is 0 Å². The largest absolute Gasteiger partial charge is 0.452 e. The van der Waals surface area contributed by atoms with Gasteiger partial charge in [-0.2, -0.15) is 0 Å². The molecule has 1 aromatic heterocycles. The van der Waals surface area contributed by atoms with Crippen molar-refractivity contribution in [1.82, 2.24) is 0 Å². The van der Waals surface area contributed by atoms with Crippen molar-refractivity contribution in [3.05, 3.63) is 63.8 Å². The van der Waals surface area contributed by atoms with Crippen LogP contribution in [0.5, 0.6) is 5.75 Å². The van der Waals surface area contributed by atoms with E-state index in [2.05, 4.69) is 0 Å². The van der Waals surface area contributed by atoms with Gasteiger partial charge in [-0.25, -0.2) is 0 Å². The van der Waals surface area contributed by atoms with Gasteiger partial charge in [-0.15, -0.1) is 0 Å². The standard InChI is InChI=1S/C19H16O4/c1-11-4-7-14(8-5-11)18-19(22-13(3)20)17(21)15-10-12(2)6-9-16(15)23-18/h4-10H,1-3H3. The van der Waals surface area contributed by atoms with Crippen LogP contribution in [0.1, 0.15) is 18.1 Å². The van der Waals surface area contributed by atoms with Crippen LogP contribution in [0.4, 0.5) is 0 Å². The Bertz CT molecular complexity index is 950. The van der Waals surface area contributed by atoms with Gasteiger partial charge in [0.25, 0.3) is 0 Å². The fourth-order valence-corrected chi connectivity index (χ4v) is 2.42. The van der Waals surface area contributed by atoms with Crippen LogP contribution < -0.4 is 10.2 Å². The molecule has 0 fully saturated rings. The minimum absolute atomic E-state index is 0.0700. The van der Waals surface area contributed by atoms with E-state index in [1.807, 2.05) is 44.2 Å². The van der Waals surface area contributed by atoms with E-state index in [1.54, 1.807) is 12.1 Å². The summed E-state index contributed by atoms with van der Waals surface area (Å²) in [4.78, 5) is 24.1. The molecule has 0 saturated carbocycles. The Balaban J connectivity index is 2.34. The number of aryl methyl sites for hydroxylation is 2. The highest BCUT2D eigenvalue weighted by Crippen LogP contribution is 2.31. The molecule has 0 saturated heterocycles. The average molecular weight is 308 g/mol. The van der Waals surface area contributed by atoms with Gasteiger partial charge in [-0.05, 0) is 26.0 Å². The molecule has 3 aromatic rings. The molecule has 3 rings (SSSR count). The monoisotopic (exact) mass is 308 g/mol. The summed E-state index contributed by atoms with van der Waals surface area (Å²) in [5.74, 6) is -0.362. The van der Waals surface area contributed by atoms with Crippen molar-refractivity contribution < 1.29 is 13.9 Å². The highest BCUT2D eigenvalue weighted by Gasteiger charge is 2.19. The summed E-state index contributed by atoms with van der Waals surface area (Å²) in [6, 6.07) is 12.8. The van der Waals surface area contributed by atoms with Gasteiger partial charge < -0.3 is 9.15 Å². The summed E-state index contributed by atoms with van der Waals surface area (Å²) in [6.45, 7) is 5.12. The van der Waals surface area contributed by atoms with Crippen molar-refractivity contribution in [2.75, 3.05) is 0 Å². The minimum atomic E-state index is -0.558. The van der Waals surface area contributed by atoms with Crippen LogP contribution in [-0.2, 0) is 4.79 Å². The highest BCUT2D eigenvalue weighted by molar-refractivity contribution is 5.84. The molecule has 0 atom stereocenters. The average Bonchev–Trinajstić information content (AvgIpc) is 2.51. The molecule has 1 heterocycles. The maximum absolute atomic E-state index is 12.7. The summed E-state index contributed by atoms with van der Waals surface area (Å²) >= 11 is 0. The molecule has 0 aliphatic rings. The lowest BCUT2D eigenvalue weighted by molar-refractivity contribution is -0.131. The predicted octanol–water partition coefficient (Wildman–Crippen LogP) is 4.00. The zero-order valence-electron chi connectivity index (χ0n) is 13.2. The van der Waals surface area contributed by atoms with Crippen LogP contribution in [0.25, 0.3) is 22.3 Å². The van der Waals surface area contributed by atoms with Crippen molar-refractivity contribution in [2.45, 2.75) is 20.8 Å². The molecule has 116 valence electrons. The summed E-state index contributed by atoms with van der Waals surface area (Å²) in [6.07, 6.45) is 0. The summed E-state index contributed by atoms with van der Waals surface area (Å²) in [5, 5.41) is 0.400. The van der Waals surface area contributed by atoms with Crippen LogP contribution >= 0.6 is 0 Å². The lowest BCUT2D eigenvalue weighted by atomic mass is 10.1. The highest BCUT2D eigenvalue weighted by atomic mass is 16.5. The number of hydrogen-bond donors (Lipinski definition) is 0. The summed E-state index contributed by atoms with van der Waals surface area (Å²) < 4.78 is 11.0. The van der Waals surface area contributed by atoms with E-state index in [4.69, 9.17) is 9.15 Å². The smallest absolute Gasteiger partial charge is 0.308 e. The van der Waals surface area contributed by atoms with Gasteiger partial charge >= 0.3 is 5.97 Å². The van der Waals surface area contributed by atoms with Gasteiger partial charge in [0, 0.05) is 12.5 Å². The number of hydrogen-bond acceptors (Lipinski definition) is 4. The number of ether oxygens (including phenoxy) is 1. The van der Waals surface area contributed by atoms with Crippen LogP contribution in [0.2, 0.25) is 0 Å². The fourth-order valence-electron chi connectivity index (χ4n) is 2.42. The van der Waals surface area contributed by atoms with Crippen molar-refractivity contribution >= 4 is 16.9 Å². The Morgan fingerprint density at radius 2 is 1.65 bits per heavy atom. The molecule has 0 bridgehead atoms. The van der Waals surface area contributed by atoms with E-state index in [0.717, 1.165) is 11.1 Å². The molecule has 2 aromatic carbocycles. The van der Waals surface area contributed by atoms with E-state index < -0.39 is 5.97 Å². The first kappa shape index (κ1) is 15.0. The Kier molecular flexibility index (Phi) is 3.74. The molecular formula is C19H16O4. The quantitative estimate of drug-likeness (QED) is 0.671. The molecule has 0 aliphatic heterocycles. The Morgan fingerprint density at radius 3 is 2.30 bits per heavy atom. The molecular weight excluding hydrogens is 292 g/mol. The maximum atomic E-state index is 12.7. The third kappa shape index (κ3) is 2.88. The number of carbonyl (C=O) groups is 1. The topological polar surface area (TPSA) is 56.5 Å². The third-order valence-electron chi connectivity index (χ3n) is 3.56. The van der Waals surface area contributed by atoms with Crippen LogP contribution in [0.15, 0.2) is 51.7 Å². The molecule has 0 N–H and O–H groups in total. The zero-order valence-corrected chi connectivity index (χ0v) is 13.2. The minimum Gasteiger partial charge on any atom is -0.452 e. The molecule has 23 heavy (non-hydrogen) atoms. The second kappa shape index (κ2) is 5.72. The second-order valence-electron chi connectivity index (χ2n) is 5.55. The molecule has 0 amide bonds. The van der Waals surface area contributed by atoms with Crippen LogP contribution in [-0.4, -0.2) is 5.97 Å². The van der Waals surface area contributed by atoms with Crippen LogP contribution in [0, 0.1) is 13.8 Å². The van der Waals surface area contributed by atoms with Crippen LogP contribution in [0.3, 0.4) is 0 Å². The first-order chi connectivity index (χ1) is 11.0. The first-order valence-electron chi connectivity index (χ1n) is 7.28.